The lowest BCUT2D eigenvalue weighted by Gasteiger charge is -2.06. The highest BCUT2D eigenvalue weighted by molar-refractivity contribution is 5.85. The molecule has 0 radical (unpaired) electrons. The second-order valence-electron chi connectivity index (χ2n) is 5.96. The molecule has 3 N–H and O–H groups in total. The normalized spacial score (nSPS) is 12.5. The molecule has 0 aromatic rings. The summed E-state index contributed by atoms with van der Waals surface area (Å²) in [6.45, 7) is 2.39. The van der Waals surface area contributed by atoms with Crippen molar-refractivity contribution >= 4 is 12.4 Å². The zero-order chi connectivity index (χ0) is 14.9. The molecular weight excluding hydrogens is 282 g/mol. The van der Waals surface area contributed by atoms with Gasteiger partial charge in [0.15, 0.2) is 0 Å². The lowest BCUT2D eigenvalue weighted by Crippen LogP contribution is -2.23. The Hall–Kier alpha value is -0.0500. The van der Waals surface area contributed by atoms with E-state index >= 15 is 0 Å². The van der Waals surface area contributed by atoms with Crippen molar-refractivity contribution in [1.29, 1.82) is 0 Å². The Kier molecular flexibility index (Phi) is 22.1. The third kappa shape index (κ3) is 19.9. The van der Waals surface area contributed by atoms with Crippen molar-refractivity contribution in [2.75, 3.05) is 6.61 Å². The van der Waals surface area contributed by atoms with Gasteiger partial charge in [-0.15, -0.1) is 12.4 Å². The first kappa shape index (κ1) is 23.2. The van der Waals surface area contributed by atoms with Crippen LogP contribution in [0.25, 0.3) is 0 Å². The van der Waals surface area contributed by atoms with Crippen LogP contribution in [0.1, 0.15) is 90.4 Å². The molecule has 0 aliphatic rings. The van der Waals surface area contributed by atoms with E-state index < -0.39 is 0 Å². The van der Waals surface area contributed by atoms with Crippen molar-refractivity contribution in [3.05, 3.63) is 12.2 Å². The molecule has 0 aliphatic carbocycles. The van der Waals surface area contributed by atoms with Crippen LogP contribution in [-0.2, 0) is 0 Å². The van der Waals surface area contributed by atoms with Gasteiger partial charge in [-0.25, -0.2) is 0 Å². The molecule has 2 nitrogen and oxygen atoms in total. The van der Waals surface area contributed by atoms with Crippen molar-refractivity contribution in [3.8, 4) is 0 Å². The van der Waals surface area contributed by atoms with Crippen molar-refractivity contribution in [1.82, 2.24) is 0 Å². The van der Waals surface area contributed by atoms with E-state index in [0.717, 1.165) is 12.8 Å². The van der Waals surface area contributed by atoms with Crippen molar-refractivity contribution in [2.45, 2.75) is 96.4 Å². The molecule has 0 aliphatic heterocycles. The Morgan fingerprint density at radius 2 is 1.29 bits per heavy atom. The van der Waals surface area contributed by atoms with Crippen LogP contribution in [0.4, 0.5) is 0 Å². The second-order valence-corrected chi connectivity index (χ2v) is 5.96. The van der Waals surface area contributed by atoms with Crippen LogP contribution in [0.2, 0.25) is 0 Å². The fourth-order valence-electron chi connectivity index (χ4n) is 2.39. The summed E-state index contributed by atoms with van der Waals surface area (Å²) in [7, 11) is 0. The summed E-state index contributed by atoms with van der Waals surface area (Å²) in [5, 5.41) is 8.80. The van der Waals surface area contributed by atoms with Gasteiger partial charge in [0.25, 0.3) is 0 Å². The van der Waals surface area contributed by atoms with Crippen molar-refractivity contribution in [3.63, 3.8) is 0 Å². The molecule has 0 saturated heterocycles. The molecule has 0 aromatic carbocycles. The first-order valence-electron chi connectivity index (χ1n) is 8.82. The maximum atomic E-state index is 8.80. The van der Waals surface area contributed by atoms with Gasteiger partial charge in [-0.3, -0.25) is 0 Å². The first-order chi connectivity index (χ1) is 9.81. The summed E-state index contributed by atoms with van der Waals surface area (Å²) in [6.07, 6.45) is 21.5. The second kappa shape index (κ2) is 19.9. The minimum absolute atomic E-state index is 0. The highest BCUT2D eigenvalue weighted by Gasteiger charge is 1.98. The Morgan fingerprint density at radius 3 is 1.81 bits per heavy atom. The van der Waals surface area contributed by atoms with Gasteiger partial charge in [-0.05, 0) is 32.1 Å². The molecule has 21 heavy (non-hydrogen) atoms. The molecule has 0 fully saturated rings. The zero-order valence-electron chi connectivity index (χ0n) is 14.1. The fraction of sp³-hybridized carbons (Fsp3) is 0.889. The average molecular weight is 320 g/mol. The van der Waals surface area contributed by atoms with Crippen LogP contribution < -0.4 is 5.73 Å². The lowest BCUT2D eigenvalue weighted by molar-refractivity contribution is 0.257. The molecule has 0 aromatic heterocycles. The van der Waals surface area contributed by atoms with E-state index in [2.05, 4.69) is 19.1 Å². The van der Waals surface area contributed by atoms with Gasteiger partial charge in [0, 0.05) is 6.04 Å². The number of aliphatic hydroxyl groups excluding tert-OH is 1. The molecule has 0 unspecified atom stereocenters. The zero-order valence-corrected chi connectivity index (χ0v) is 14.9. The van der Waals surface area contributed by atoms with Crippen LogP contribution in [0, 0.1) is 0 Å². The van der Waals surface area contributed by atoms with Gasteiger partial charge in [0.2, 0.25) is 0 Å². The van der Waals surface area contributed by atoms with E-state index in [9.17, 15) is 0 Å². The van der Waals surface area contributed by atoms with Gasteiger partial charge in [0.05, 0.1) is 6.61 Å². The van der Waals surface area contributed by atoms with Crippen LogP contribution in [-0.4, -0.2) is 17.8 Å². The van der Waals surface area contributed by atoms with Gasteiger partial charge in [0.1, 0.15) is 0 Å². The summed E-state index contributed by atoms with van der Waals surface area (Å²) < 4.78 is 0. The van der Waals surface area contributed by atoms with E-state index in [1.165, 1.54) is 70.6 Å². The third-order valence-electron chi connectivity index (χ3n) is 3.82. The molecule has 0 rings (SSSR count). The number of aliphatic hydroxyl groups is 1. The first-order valence-corrected chi connectivity index (χ1v) is 8.82. The summed E-state index contributed by atoms with van der Waals surface area (Å²) in [6, 6.07) is -0.00720. The smallest absolute Gasteiger partial charge is 0.0582 e. The number of halogens is 1. The Labute approximate surface area is 139 Å². The number of hydrogen-bond donors (Lipinski definition) is 2. The molecule has 0 saturated carbocycles. The van der Waals surface area contributed by atoms with Crippen LogP contribution >= 0.6 is 12.4 Å². The van der Waals surface area contributed by atoms with Gasteiger partial charge < -0.3 is 10.8 Å². The van der Waals surface area contributed by atoms with E-state index in [1.54, 1.807) is 0 Å². The molecular formula is C18H38ClNO. The predicted octanol–water partition coefficient (Wildman–Crippen LogP) is 5.38. The topological polar surface area (TPSA) is 46.2 Å². The fourth-order valence-corrected chi connectivity index (χ4v) is 2.39. The summed E-state index contributed by atoms with van der Waals surface area (Å²) in [5.74, 6) is 0. The number of hydrogen-bond acceptors (Lipinski definition) is 2. The quantitative estimate of drug-likeness (QED) is 0.314. The number of unbranched alkanes of at least 4 members (excludes halogenated alkanes) is 10. The van der Waals surface area contributed by atoms with Crippen LogP contribution in [0.3, 0.4) is 0 Å². The van der Waals surface area contributed by atoms with Crippen LogP contribution in [0.5, 0.6) is 0 Å². The molecule has 0 amide bonds. The third-order valence-corrected chi connectivity index (χ3v) is 3.82. The Bertz CT molecular complexity index is 209. The van der Waals surface area contributed by atoms with Gasteiger partial charge in [-0.1, -0.05) is 70.4 Å². The SMILES string of the molecule is CCCCCCCC/C=C/CCCCCC[C@H](N)CO.Cl. The van der Waals surface area contributed by atoms with E-state index in [4.69, 9.17) is 10.8 Å². The van der Waals surface area contributed by atoms with E-state index in [1.807, 2.05) is 0 Å². The highest BCUT2D eigenvalue weighted by Crippen LogP contribution is 2.09. The minimum Gasteiger partial charge on any atom is -0.395 e. The summed E-state index contributed by atoms with van der Waals surface area (Å²) in [5.41, 5.74) is 5.66. The van der Waals surface area contributed by atoms with Gasteiger partial charge >= 0.3 is 0 Å². The molecule has 1 atom stereocenters. The van der Waals surface area contributed by atoms with Crippen LogP contribution in [0.15, 0.2) is 12.2 Å². The molecule has 0 bridgehead atoms. The summed E-state index contributed by atoms with van der Waals surface area (Å²) >= 11 is 0. The Balaban J connectivity index is 0. The molecule has 0 spiro atoms. The number of rotatable bonds is 15. The van der Waals surface area contributed by atoms with Gasteiger partial charge in [-0.2, -0.15) is 0 Å². The summed E-state index contributed by atoms with van der Waals surface area (Å²) in [4.78, 5) is 0. The van der Waals surface area contributed by atoms with Crippen molar-refractivity contribution < 1.29 is 5.11 Å². The monoisotopic (exact) mass is 319 g/mol. The average Bonchev–Trinajstić information content (AvgIpc) is 2.47. The molecule has 0 heterocycles. The minimum atomic E-state index is -0.00720. The largest absolute Gasteiger partial charge is 0.395 e. The Morgan fingerprint density at radius 1 is 0.810 bits per heavy atom. The standard InChI is InChI=1S/C18H37NO.ClH/c1-2-3-4-5-6-7-8-9-10-11-12-13-14-15-16-18(19)17-20;/h9-10,18,20H,2-8,11-17,19H2,1H3;1H/b10-9+;/t18-;/m0./s1. The lowest BCUT2D eigenvalue weighted by atomic mass is 10.1. The maximum Gasteiger partial charge on any atom is 0.0582 e. The van der Waals surface area contributed by atoms with E-state index in [-0.39, 0.29) is 25.1 Å². The van der Waals surface area contributed by atoms with Crippen molar-refractivity contribution in [2.24, 2.45) is 5.73 Å². The molecule has 128 valence electrons. The van der Waals surface area contributed by atoms with E-state index in [0.29, 0.717) is 0 Å². The number of nitrogens with two attached hydrogens (primary N) is 1. The maximum absolute atomic E-state index is 8.80. The predicted molar refractivity (Wildman–Crippen MR) is 97.1 cm³/mol. The highest BCUT2D eigenvalue weighted by atomic mass is 35.5. The molecule has 3 heteroatoms. The number of allylic oxidation sites excluding steroid dienone is 2.